The number of rotatable bonds is 3. The zero-order chi connectivity index (χ0) is 13.3. The number of hydrogen-bond donors (Lipinski definition) is 0. The van der Waals surface area contributed by atoms with Crippen molar-refractivity contribution in [3.8, 4) is 5.75 Å². The summed E-state index contributed by atoms with van der Waals surface area (Å²) in [6.07, 6.45) is 0. The normalized spacial score (nSPS) is 12.5. The monoisotopic (exact) mass is 444 g/mol. The van der Waals surface area contributed by atoms with Gasteiger partial charge in [-0.15, -0.1) is 0 Å². The van der Waals surface area contributed by atoms with Crippen molar-refractivity contribution in [3.63, 3.8) is 0 Å². The molecule has 0 unspecified atom stereocenters. The van der Waals surface area contributed by atoms with Crippen molar-refractivity contribution in [1.82, 2.24) is 0 Å². The molecule has 3 nitrogen and oxygen atoms in total. The first-order valence-electron chi connectivity index (χ1n) is 4.02. The smallest absolute Gasteiger partial charge is 0.376 e. The Kier molecular flexibility index (Phi) is 4.69. The van der Waals surface area contributed by atoms with Gasteiger partial charge < -0.3 is 4.18 Å². The molecule has 0 N–H and O–H groups in total. The summed E-state index contributed by atoms with van der Waals surface area (Å²) >= 11 is 4.99. The van der Waals surface area contributed by atoms with Gasteiger partial charge in [0.1, 0.15) is 5.75 Å². The van der Waals surface area contributed by atoms with Crippen LogP contribution in [-0.4, -0.2) is 13.9 Å². The van der Waals surface area contributed by atoms with Gasteiger partial charge in [-0.05, 0) is 40.8 Å². The van der Waals surface area contributed by atoms with E-state index < -0.39 is 15.6 Å². The molecule has 0 fully saturated rings. The van der Waals surface area contributed by atoms with E-state index in [2.05, 4.69) is 20.1 Å². The van der Waals surface area contributed by atoms with E-state index in [0.29, 0.717) is 5.56 Å². The molecular weight excluding hydrogens is 440 g/mol. The molecule has 0 saturated heterocycles. The largest absolute Gasteiger partial charge is 0.534 e. The highest BCUT2D eigenvalue weighted by Gasteiger charge is 2.48. The summed E-state index contributed by atoms with van der Waals surface area (Å²) in [4.78, 5) is 0. The van der Waals surface area contributed by atoms with Crippen molar-refractivity contribution in [3.05, 3.63) is 27.3 Å². The molecule has 1 aromatic carbocycles. The Hall–Kier alpha value is -0.0300. The summed E-state index contributed by atoms with van der Waals surface area (Å²) in [6, 6.07) is 4.16. The fraction of sp³-hybridized carbons (Fsp3) is 0.250. The zero-order valence-electron chi connectivity index (χ0n) is 7.96. The number of benzene rings is 1. The summed E-state index contributed by atoms with van der Waals surface area (Å²) in [6.45, 7) is 0. The van der Waals surface area contributed by atoms with Crippen molar-refractivity contribution in [2.75, 3.05) is 0 Å². The summed E-state index contributed by atoms with van der Waals surface area (Å²) in [5.74, 6) is -0.334. The maximum Gasteiger partial charge on any atom is 0.534 e. The average molecular weight is 445 g/mol. The van der Waals surface area contributed by atoms with Gasteiger partial charge in [0.15, 0.2) is 0 Å². The lowest BCUT2D eigenvalue weighted by Crippen LogP contribution is -2.28. The van der Waals surface area contributed by atoms with Crippen LogP contribution in [0.3, 0.4) is 0 Å². The molecule has 0 aromatic heterocycles. The highest BCUT2D eigenvalue weighted by Crippen LogP contribution is 2.30. The lowest BCUT2D eigenvalue weighted by molar-refractivity contribution is -0.0500. The SMILES string of the molecule is O=S(=O)(Oc1ccc(I)cc1CBr)C(F)(F)F. The van der Waals surface area contributed by atoms with Gasteiger partial charge in [0.05, 0.1) is 0 Å². The third kappa shape index (κ3) is 3.71. The Bertz CT molecular complexity index is 515. The molecule has 0 heterocycles. The van der Waals surface area contributed by atoms with Crippen LogP contribution in [-0.2, 0) is 15.4 Å². The highest BCUT2D eigenvalue weighted by molar-refractivity contribution is 14.1. The maximum absolute atomic E-state index is 12.1. The van der Waals surface area contributed by atoms with E-state index in [4.69, 9.17) is 0 Å². The predicted octanol–water partition coefficient (Wildman–Crippen LogP) is 3.41. The fourth-order valence-electron chi connectivity index (χ4n) is 0.899. The van der Waals surface area contributed by atoms with Crippen LogP contribution < -0.4 is 4.18 Å². The standard InChI is InChI=1S/C8H5BrF3IO3S/c9-4-5-3-6(13)1-2-7(5)16-17(14,15)8(10,11)12/h1-3H,4H2. The lowest BCUT2D eigenvalue weighted by atomic mass is 10.2. The molecule has 96 valence electrons. The van der Waals surface area contributed by atoms with Crippen molar-refractivity contribution >= 4 is 48.6 Å². The van der Waals surface area contributed by atoms with E-state index in [1.54, 1.807) is 0 Å². The summed E-state index contributed by atoms with van der Waals surface area (Å²) in [5.41, 5.74) is -5.11. The molecule has 0 radical (unpaired) electrons. The van der Waals surface area contributed by atoms with Crippen LogP contribution in [0, 0.1) is 3.57 Å². The minimum Gasteiger partial charge on any atom is -0.376 e. The lowest BCUT2D eigenvalue weighted by Gasteiger charge is -2.12. The number of alkyl halides is 4. The number of halogens is 5. The van der Waals surface area contributed by atoms with Crippen LogP contribution in [0.1, 0.15) is 5.56 Å². The Morgan fingerprint density at radius 2 is 1.94 bits per heavy atom. The molecule has 0 atom stereocenters. The maximum atomic E-state index is 12.1. The number of hydrogen-bond acceptors (Lipinski definition) is 3. The molecule has 0 aliphatic rings. The Morgan fingerprint density at radius 3 is 2.41 bits per heavy atom. The first kappa shape index (κ1) is 15.0. The topological polar surface area (TPSA) is 43.4 Å². The van der Waals surface area contributed by atoms with Crippen molar-refractivity contribution in [2.45, 2.75) is 10.8 Å². The van der Waals surface area contributed by atoms with Gasteiger partial charge in [-0.2, -0.15) is 21.6 Å². The molecule has 9 heteroatoms. The predicted molar refractivity (Wildman–Crippen MR) is 67.4 cm³/mol. The Morgan fingerprint density at radius 1 is 1.35 bits per heavy atom. The van der Waals surface area contributed by atoms with Crippen LogP contribution in [0.4, 0.5) is 13.2 Å². The Balaban J connectivity index is 3.13. The van der Waals surface area contributed by atoms with Crippen molar-refractivity contribution in [1.29, 1.82) is 0 Å². The van der Waals surface area contributed by atoms with Crippen LogP contribution in [0.15, 0.2) is 18.2 Å². The quantitative estimate of drug-likeness (QED) is 0.310. The first-order chi connectivity index (χ1) is 7.67. The van der Waals surface area contributed by atoms with Crippen LogP contribution in [0.25, 0.3) is 0 Å². The molecule has 17 heavy (non-hydrogen) atoms. The van der Waals surface area contributed by atoms with Gasteiger partial charge in [0, 0.05) is 14.5 Å². The molecule has 0 saturated carbocycles. The average Bonchev–Trinajstić information content (AvgIpc) is 2.18. The van der Waals surface area contributed by atoms with E-state index in [1.165, 1.54) is 18.2 Å². The summed E-state index contributed by atoms with van der Waals surface area (Å²) in [7, 11) is -5.62. The second-order valence-corrected chi connectivity index (χ2v) is 6.21. The second-order valence-electron chi connectivity index (χ2n) is 2.87. The minimum atomic E-state index is -5.62. The fourth-order valence-corrected chi connectivity index (χ4v) is 2.39. The van der Waals surface area contributed by atoms with E-state index in [0.717, 1.165) is 3.57 Å². The molecule has 1 aromatic rings. The van der Waals surface area contributed by atoms with Gasteiger partial charge in [-0.1, -0.05) is 15.9 Å². The third-order valence-electron chi connectivity index (χ3n) is 1.65. The third-order valence-corrected chi connectivity index (χ3v) is 3.89. The molecule has 0 amide bonds. The molecule has 0 aliphatic carbocycles. The van der Waals surface area contributed by atoms with Gasteiger partial charge in [0.2, 0.25) is 0 Å². The zero-order valence-corrected chi connectivity index (χ0v) is 12.5. The molecule has 0 aliphatic heterocycles. The molecule has 0 bridgehead atoms. The van der Waals surface area contributed by atoms with E-state index >= 15 is 0 Å². The summed E-state index contributed by atoms with van der Waals surface area (Å²) in [5, 5.41) is 0.187. The van der Waals surface area contributed by atoms with Gasteiger partial charge in [-0.25, -0.2) is 0 Å². The van der Waals surface area contributed by atoms with Crippen LogP contribution in [0.2, 0.25) is 0 Å². The molecule has 0 spiro atoms. The van der Waals surface area contributed by atoms with E-state index in [-0.39, 0.29) is 11.1 Å². The van der Waals surface area contributed by atoms with Crippen molar-refractivity contribution in [2.24, 2.45) is 0 Å². The van der Waals surface area contributed by atoms with Gasteiger partial charge >= 0.3 is 15.6 Å². The molecular formula is C8H5BrF3IO3S. The van der Waals surface area contributed by atoms with Crippen LogP contribution >= 0.6 is 38.5 Å². The minimum absolute atomic E-state index is 0.187. The van der Waals surface area contributed by atoms with Gasteiger partial charge in [-0.3, -0.25) is 0 Å². The Labute approximate surface area is 118 Å². The molecule has 1 rings (SSSR count). The first-order valence-corrected chi connectivity index (χ1v) is 7.63. The van der Waals surface area contributed by atoms with Crippen molar-refractivity contribution < 1.29 is 25.8 Å². The summed E-state index contributed by atoms with van der Waals surface area (Å²) < 4.78 is 62.8. The second kappa shape index (κ2) is 5.31. The van der Waals surface area contributed by atoms with E-state index in [9.17, 15) is 21.6 Å². The van der Waals surface area contributed by atoms with Crippen LogP contribution in [0.5, 0.6) is 5.75 Å². The van der Waals surface area contributed by atoms with E-state index in [1.807, 2.05) is 22.6 Å². The van der Waals surface area contributed by atoms with Gasteiger partial charge in [0.25, 0.3) is 0 Å². The highest BCUT2D eigenvalue weighted by atomic mass is 127.